The van der Waals surface area contributed by atoms with Gasteiger partial charge in [-0.15, -0.1) is 0 Å². The van der Waals surface area contributed by atoms with Crippen LogP contribution >= 0.6 is 0 Å². The molecule has 0 radical (unpaired) electrons. The van der Waals surface area contributed by atoms with Gasteiger partial charge in [0.2, 0.25) is 0 Å². The Morgan fingerprint density at radius 1 is 0.881 bits per heavy atom. The summed E-state index contributed by atoms with van der Waals surface area (Å²) in [4.78, 5) is 12.3. The molecule has 1 rings (SSSR count). The van der Waals surface area contributed by atoms with Gasteiger partial charge in [-0.25, -0.2) is 4.18 Å². The lowest BCUT2D eigenvalue weighted by Crippen LogP contribution is -2.60. The van der Waals surface area contributed by atoms with Gasteiger partial charge >= 0.3 is 16.4 Å². The summed E-state index contributed by atoms with van der Waals surface area (Å²) in [6.07, 6.45) is 9.37. The molecule has 13 heteroatoms. The number of carbonyl (C=O) groups excluding carboxylic acids is 1. The number of unbranched alkanes of at least 4 members (excludes halogenated alkanes) is 10. The monoisotopic (exact) mass is 626 g/mol. The molecule has 0 aromatic rings. The summed E-state index contributed by atoms with van der Waals surface area (Å²) in [5.41, 5.74) is 0. The fraction of sp³-hybridized carbons (Fsp3) is 0.897. The zero-order valence-electron chi connectivity index (χ0n) is 25.3. The van der Waals surface area contributed by atoms with Crippen molar-refractivity contribution in [1.82, 2.24) is 0 Å². The van der Waals surface area contributed by atoms with Gasteiger partial charge in [-0.3, -0.25) is 9.35 Å². The number of carbonyl (C=O) groups is 1. The minimum atomic E-state index is -5.04. The first-order chi connectivity index (χ1) is 20.1. The molecule has 6 atom stereocenters. The van der Waals surface area contributed by atoms with Gasteiger partial charge in [0.1, 0.15) is 30.5 Å². The molecule has 6 unspecified atom stereocenters. The van der Waals surface area contributed by atoms with E-state index in [4.69, 9.17) is 23.5 Å². The predicted octanol–water partition coefficient (Wildman–Crippen LogP) is 3.62. The lowest BCUT2D eigenvalue weighted by atomic mass is 9.99. The Kier molecular flexibility index (Phi) is 21.5. The first-order valence-corrected chi connectivity index (χ1v) is 16.8. The number of rotatable bonds is 25. The summed E-state index contributed by atoms with van der Waals surface area (Å²) in [6, 6.07) is 0. The summed E-state index contributed by atoms with van der Waals surface area (Å²) in [7, 11) is -5.04. The average molecular weight is 627 g/mol. The molecule has 0 aromatic carbocycles. The summed E-state index contributed by atoms with van der Waals surface area (Å²) in [5, 5.41) is 30.2. The van der Waals surface area contributed by atoms with Crippen LogP contribution in [0.4, 0.5) is 0 Å². The van der Waals surface area contributed by atoms with Crippen LogP contribution in [-0.2, 0) is 38.3 Å². The Hall–Kier alpha value is -1.16. The third-order valence-electron chi connectivity index (χ3n) is 6.89. The van der Waals surface area contributed by atoms with E-state index in [0.717, 1.165) is 38.5 Å². The highest BCUT2D eigenvalue weighted by Gasteiger charge is 2.48. The largest absolute Gasteiger partial charge is 0.457 e. The lowest BCUT2D eigenvalue weighted by Gasteiger charge is -2.41. The fourth-order valence-corrected chi connectivity index (χ4v) is 4.98. The van der Waals surface area contributed by atoms with Gasteiger partial charge in [-0.2, -0.15) is 8.42 Å². The van der Waals surface area contributed by atoms with Crippen molar-refractivity contribution in [3.63, 3.8) is 0 Å². The average Bonchev–Trinajstić information content (AvgIpc) is 2.94. The second-order valence-corrected chi connectivity index (χ2v) is 11.7. The third kappa shape index (κ3) is 17.8. The van der Waals surface area contributed by atoms with Crippen LogP contribution in [0.3, 0.4) is 0 Å². The van der Waals surface area contributed by atoms with Crippen LogP contribution < -0.4 is 0 Å². The minimum absolute atomic E-state index is 0.0314. The number of hydrogen-bond acceptors (Lipinski definition) is 11. The van der Waals surface area contributed by atoms with Crippen LogP contribution in [0.5, 0.6) is 0 Å². The van der Waals surface area contributed by atoms with Crippen molar-refractivity contribution in [3.05, 3.63) is 12.2 Å². The van der Waals surface area contributed by atoms with Crippen LogP contribution in [0.25, 0.3) is 0 Å². The van der Waals surface area contributed by atoms with E-state index in [1.807, 2.05) is 6.92 Å². The van der Waals surface area contributed by atoms with Gasteiger partial charge in [0, 0.05) is 13.0 Å². The van der Waals surface area contributed by atoms with Crippen LogP contribution in [0.2, 0.25) is 0 Å². The number of ether oxygens (including phenoxy) is 4. The molecule has 4 N–H and O–H groups in total. The molecule has 248 valence electrons. The van der Waals surface area contributed by atoms with E-state index >= 15 is 0 Å². The van der Waals surface area contributed by atoms with E-state index in [9.17, 15) is 28.5 Å². The standard InChI is InChI=1S/C29H54O12S/c1-3-5-7-8-9-10-11-12-13-14-15-17-19-37-21-23(39-25(31)18-16-6-4-2)22-38-29-27(33)28(41-42(34,35)36)26(32)24(20-30)40-29/h8-9,23-24,26-30,32-33H,3-7,10-22H2,1-2H3,(H,34,35,36)/b9-8-. The zero-order chi connectivity index (χ0) is 31.2. The van der Waals surface area contributed by atoms with Crippen LogP contribution in [0.15, 0.2) is 12.2 Å². The second-order valence-electron chi connectivity index (χ2n) is 10.7. The molecule has 1 saturated heterocycles. The summed E-state index contributed by atoms with van der Waals surface area (Å²) < 4.78 is 58.0. The summed E-state index contributed by atoms with van der Waals surface area (Å²) in [5.74, 6) is -0.429. The van der Waals surface area contributed by atoms with Crippen LogP contribution in [-0.4, -0.2) is 97.5 Å². The van der Waals surface area contributed by atoms with Gasteiger partial charge in [0.25, 0.3) is 0 Å². The number of aliphatic hydroxyl groups is 3. The van der Waals surface area contributed by atoms with E-state index in [0.29, 0.717) is 13.0 Å². The molecule has 0 amide bonds. The number of hydrogen-bond donors (Lipinski definition) is 4. The molecule has 42 heavy (non-hydrogen) atoms. The van der Waals surface area contributed by atoms with Crippen LogP contribution in [0.1, 0.15) is 104 Å². The highest BCUT2D eigenvalue weighted by Crippen LogP contribution is 2.26. The first-order valence-electron chi connectivity index (χ1n) is 15.4. The maximum Gasteiger partial charge on any atom is 0.397 e. The Labute approximate surface area is 251 Å². The van der Waals surface area contributed by atoms with Crippen molar-refractivity contribution in [2.75, 3.05) is 26.4 Å². The molecule has 0 spiro atoms. The van der Waals surface area contributed by atoms with Crippen molar-refractivity contribution < 1.29 is 56.2 Å². The predicted molar refractivity (Wildman–Crippen MR) is 156 cm³/mol. The molecule has 0 bridgehead atoms. The van der Waals surface area contributed by atoms with Crippen molar-refractivity contribution in [3.8, 4) is 0 Å². The Morgan fingerprint density at radius 2 is 1.52 bits per heavy atom. The number of allylic oxidation sites excluding steroid dienone is 2. The van der Waals surface area contributed by atoms with Gasteiger partial charge in [0.05, 0.1) is 19.8 Å². The first kappa shape index (κ1) is 38.9. The van der Waals surface area contributed by atoms with Crippen LogP contribution in [0, 0.1) is 0 Å². The highest BCUT2D eigenvalue weighted by atomic mass is 32.3. The normalized spacial score (nSPS) is 23.8. The van der Waals surface area contributed by atoms with Crippen molar-refractivity contribution in [2.45, 2.75) is 141 Å². The van der Waals surface area contributed by atoms with Gasteiger partial charge in [0.15, 0.2) is 6.29 Å². The summed E-state index contributed by atoms with van der Waals surface area (Å²) >= 11 is 0. The SMILES string of the molecule is CCCC/C=C\CCCCCCCCOCC(COC1OC(CO)C(O)C(OS(=O)(=O)O)C1O)OC(=O)CCCCC. The van der Waals surface area contributed by atoms with E-state index in [1.54, 1.807) is 0 Å². The molecule has 1 fully saturated rings. The minimum Gasteiger partial charge on any atom is -0.457 e. The fourth-order valence-electron chi connectivity index (χ4n) is 4.47. The maximum absolute atomic E-state index is 12.3. The number of aliphatic hydroxyl groups excluding tert-OH is 3. The molecule has 1 aliphatic heterocycles. The molecular weight excluding hydrogens is 572 g/mol. The van der Waals surface area contributed by atoms with Gasteiger partial charge in [-0.1, -0.05) is 77.4 Å². The van der Waals surface area contributed by atoms with Gasteiger partial charge in [-0.05, 0) is 32.1 Å². The Balaban J connectivity index is 2.51. The third-order valence-corrected chi connectivity index (χ3v) is 7.35. The van der Waals surface area contributed by atoms with Crippen molar-refractivity contribution in [1.29, 1.82) is 0 Å². The molecule has 0 saturated carbocycles. The molecule has 0 aromatic heterocycles. The molecule has 12 nitrogen and oxygen atoms in total. The Bertz CT molecular complexity index is 821. The maximum atomic E-state index is 12.3. The highest BCUT2D eigenvalue weighted by molar-refractivity contribution is 7.80. The molecule has 1 aliphatic rings. The van der Waals surface area contributed by atoms with E-state index in [2.05, 4.69) is 23.3 Å². The van der Waals surface area contributed by atoms with E-state index in [1.165, 1.54) is 38.5 Å². The van der Waals surface area contributed by atoms with E-state index < -0.39 is 59.8 Å². The number of esters is 1. The van der Waals surface area contributed by atoms with E-state index in [-0.39, 0.29) is 19.6 Å². The smallest absolute Gasteiger partial charge is 0.397 e. The quantitative estimate of drug-likeness (QED) is 0.0501. The second kappa shape index (κ2) is 23.3. The molecular formula is C29H54O12S. The van der Waals surface area contributed by atoms with Gasteiger partial charge < -0.3 is 34.3 Å². The molecule has 1 heterocycles. The zero-order valence-corrected chi connectivity index (χ0v) is 26.1. The summed E-state index contributed by atoms with van der Waals surface area (Å²) in [6.45, 7) is 3.70. The Morgan fingerprint density at radius 3 is 2.17 bits per heavy atom. The van der Waals surface area contributed by atoms with Crippen molar-refractivity contribution >= 4 is 16.4 Å². The van der Waals surface area contributed by atoms with Crippen molar-refractivity contribution in [2.24, 2.45) is 0 Å². The molecule has 0 aliphatic carbocycles. The lowest BCUT2D eigenvalue weighted by molar-refractivity contribution is -0.301. The topological polar surface area (TPSA) is 178 Å².